The number of nitrogens with one attached hydrogen (secondary N) is 1. The number of halogens is 2. The zero-order valence-corrected chi connectivity index (χ0v) is 17.1. The highest BCUT2D eigenvalue weighted by Gasteiger charge is 2.14. The van der Waals surface area contributed by atoms with Crippen molar-refractivity contribution in [3.05, 3.63) is 76.3 Å². The first-order valence-electron chi connectivity index (χ1n) is 9.43. The number of aliphatic hydroxyl groups excluding tert-OH is 1. The topological polar surface area (TPSA) is 37.2 Å². The van der Waals surface area contributed by atoms with E-state index in [1.165, 1.54) is 5.56 Å². The van der Waals surface area contributed by atoms with E-state index in [1.807, 2.05) is 36.4 Å². The van der Waals surface area contributed by atoms with Crippen molar-refractivity contribution in [3.8, 4) is 0 Å². The van der Waals surface area contributed by atoms with Gasteiger partial charge in [-0.05, 0) is 60.5 Å². The quantitative estimate of drug-likeness (QED) is 0.399. The van der Waals surface area contributed by atoms with Crippen LogP contribution in [0, 0.1) is 0 Å². The van der Waals surface area contributed by atoms with Crippen molar-refractivity contribution in [1.29, 1.82) is 0 Å². The van der Waals surface area contributed by atoms with Gasteiger partial charge in [-0.25, -0.2) is 0 Å². The van der Waals surface area contributed by atoms with Gasteiger partial charge in [0.05, 0.1) is 12.6 Å². The molecule has 0 saturated carbocycles. The van der Waals surface area contributed by atoms with E-state index in [1.54, 1.807) is 0 Å². The third kappa shape index (κ3) is 3.83. The number of aliphatic hydroxyl groups is 1. The third-order valence-electron chi connectivity index (χ3n) is 5.09. The fraction of sp³-hybridized carbons (Fsp3) is 0.217. The molecule has 4 rings (SSSR count). The molecular weight excluding hydrogens is 391 g/mol. The second-order valence-corrected chi connectivity index (χ2v) is 7.89. The number of aryl methyl sites for hydroxylation is 1. The highest BCUT2D eigenvalue weighted by Crippen LogP contribution is 2.33. The first-order chi connectivity index (χ1) is 13.5. The summed E-state index contributed by atoms with van der Waals surface area (Å²) in [6.45, 7) is 3.08. The van der Waals surface area contributed by atoms with Crippen molar-refractivity contribution in [2.24, 2.45) is 0 Å². The maximum absolute atomic E-state index is 10.7. The van der Waals surface area contributed by atoms with Crippen molar-refractivity contribution in [2.75, 3.05) is 11.9 Å². The van der Waals surface area contributed by atoms with E-state index in [9.17, 15) is 5.11 Å². The number of hydrogen-bond acceptors (Lipinski definition) is 2. The number of hydrogen-bond donors (Lipinski definition) is 2. The van der Waals surface area contributed by atoms with Crippen LogP contribution in [0.4, 0.5) is 5.69 Å². The van der Waals surface area contributed by atoms with E-state index >= 15 is 0 Å². The van der Waals surface area contributed by atoms with Gasteiger partial charge in [0.15, 0.2) is 0 Å². The van der Waals surface area contributed by atoms with E-state index in [2.05, 4.69) is 41.1 Å². The van der Waals surface area contributed by atoms with Gasteiger partial charge in [-0.2, -0.15) is 0 Å². The van der Waals surface area contributed by atoms with Crippen molar-refractivity contribution in [2.45, 2.75) is 26.0 Å². The monoisotopic (exact) mass is 412 g/mol. The van der Waals surface area contributed by atoms with E-state index in [4.69, 9.17) is 23.2 Å². The molecule has 28 heavy (non-hydrogen) atoms. The maximum Gasteiger partial charge on any atom is 0.0891 e. The molecule has 0 amide bonds. The van der Waals surface area contributed by atoms with E-state index < -0.39 is 6.10 Å². The Bertz CT molecular complexity index is 1060. The number of rotatable bonds is 6. The average Bonchev–Trinajstić information content (AvgIpc) is 2.99. The van der Waals surface area contributed by atoms with Crippen LogP contribution in [0.1, 0.15) is 12.5 Å². The second-order valence-electron chi connectivity index (χ2n) is 7.02. The van der Waals surface area contributed by atoms with E-state index in [0.717, 1.165) is 33.9 Å². The lowest BCUT2D eigenvalue weighted by atomic mass is 10.1. The van der Waals surface area contributed by atoms with Crippen LogP contribution in [0.25, 0.3) is 21.8 Å². The lowest BCUT2D eigenvalue weighted by molar-refractivity contribution is 0.169. The van der Waals surface area contributed by atoms with Gasteiger partial charge in [0.25, 0.3) is 0 Å². The van der Waals surface area contributed by atoms with Gasteiger partial charge >= 0.3 is 0 Å². The molecule has 0 aliphatic rings. The van der Waals surface area contributed by atoms with Crippen LogP contribution in [0.5, 0.6) is 0 Å². The van der Waals surface area contributed by atoms with Crippen LogP contribution in [-0.4, -0.2) is 22.3 Å². The van der Waals surface area contributed by atoms with Gasteiger partial charge in [-0.1, -0.05) is 42.3 Å². The molecule has 2 N–H and O–H groups in total. The standard InChI is InChI=1S/C23H22Cl2N2O/c1-2-15-3-7-18(8-4-15)26-13-19(28)14-27-22-9-5-16(24)11-20(22)21-12-17(25)6-10-23(21)27/h3-12,19,26,28H,2,13-14H2,1H3/t19-/m0/s1. The molecule has 1 atom stereocenters. The zero-order chi connectivity index (χ0) is 19.7. The van der Waals surface area contributed by atoms with Crippen LogP contribution in [0.15, 0.2) is 60.7 Å². The number of nitrogens with zero attached hydrogens (tertiary/aromatic N) is 1. The summed E-state index contributed by atoms with van der Waals surface area (Å²) in [7, 11) is 0. The molecule has 3 aromatic carbocycles. The molecule has 0 aliphatic carbocycles. The summed E-state index contributed by atoms with van der Waals surface area (Å²) in [5.74, 6) is 0. The zero-order valence-electron chi connectivity index (χ0n) is 15.6. The molecule has 1 heterocycles. The molecule has 1 aromatic heterocycles. The molecule has 5 heteroatoms. The Hall–Kier alpha value is -2.20. The fourth-order valence-electron chi connectivity index (χ4n) is 3.61. The summed E-state index contributed by atoms with van der Waals surface area (Å²) in [5.41, 5.74) is 4.38. The number of fused-ring (bicyclic) bond motifs is 3. The predicted molar refractivity (Wildman–Crippen MR) is 120 cm³/mol. The Morgan fingerprint density at radius 1 is 0.893 bits per heavy atom. The normalized spacial score (nSPS) is 12.6. The molecule has 0 spiro atoms. The largest absolute Gasteiger partial charge is 0.389 e. The van der Waals surface area contributed by atoms with Gasteiger partial charge in [0.2, 0.25) is 0 Å². The maximum atomic E-state index is 10.7. The molecule has 0 fully saturated rings. The Balaban J connectivity index is 1.59. The van der Waals surface area contributed by atoms with E-state index in [0.29, 0.717) is 23.1 Å². The predicted octanol–water partition coefficient (Wildman–Crippen LogP) is 6.14. The summed E-state index contributed by atoms with van der Waals surface area (Å²) in [5, 5.41) is 17.4. The van der Waals surface area contributed by atoms with Crippen molar-refractivity contribution in [3.63, 3.8) is 0 Å². The molecule has 144 valence electrons. The Morgan fingerprint density at radius 3 is 2.00 bits per heavy atom. The minimum atomic E-state index is -0.545. The molecule has 4 aromatic rings. The molecule has 0 unspecified atom stereocenters. The molecule has 3 nitrogen and oxygen atoms in total. The Labute approximate surface area is 174 Å². The highest BCUT2D eigenvalue weighted by atomic mass is 35.5. The van der Waals surface area contributed by atoms with Gasteiger partial charge in [-0.15, -0.1) is 0 Å². The van der Waals surface area contributed by atoms with Crippen LogP contribution in [0.3, 0.4) is 0 Å². The summed E-state index contributed by atoms with van der Waals surface area (Å²) < 4.78 is 2.13. The highest BCUT2D eigenvalue weighted by molar-refractivity contribution is 6.33. The number of anilines is 1. The molecule has 0 aliphatic heterocycles. The third-order valence-corrected chi connectivity index (χ3v) is 5.56. The lowest BCUT2D eigenvalue weighted by Crippen LogP contribution is -2.24. The Kier molecular flexibility index (Phi) is 5.49. The van der Waals surface area contributed by atoms with Gasteiger partial charge in [0.1, 0.15) is 0 Å². The minimum Gasteiger partial charge on any atom is -0.389 e. The van der Waals surface area contributed by atoms with Crippen LogP contribution in [-0.2, 0) is 13.0 Å². The van der Waals surface area contributed by atoms with E-state index in [-0.39, 0.29) is 0 Å². The molecule has 0 radical (unpaired) electrons. The van der Waals surface area contributed by atoms with Crippen LogP contribution >= 0.6 is 23.2 Å². The fourth-order valence-corrected chi connectivity index (χ4v) is 3.96. The first-order valence-corrected chi connectivity index (χ1v) is 10.2. The number of benzene rings is 3. The smallest absolute Gasteiger partial charge is 0.0891 e. The summed E-state index contributed by atoms with van der Waals surface area (Å²) in [6.07, 6.45) is 0.473. The van der Waals surface area contributed by atoms with Gasteiger partial charge in [0, 0.05) is 44.1 Å². The average molecular weight is 413 g/mol. The SMILES string of the molecule is CCc1ccc(NC[C@H](O)Cn2c3ccc(Cl)cc3c3cc(Cl)ccc32)cc1. The van der Waals surface area contributed by atoms with Crippen LogP contribution < -0.4 is 5.32 Å². The van der Waals surface area contributed by atoms with Crippen molar-refractivity contribution in [1.82, 2.24) is 4.57 Å². The summed E-state index contributed by atoms with van der Waals surface area (Å²) >= 11 is 12.4. The number of aromatic nitrogens is 1. The van der Waals surface area contributed by atoms with Crippen LogP contribution in [0.2, 0.25) is 10.0 Å². The van der Waals surface area contributed by atoms with Crippen molar-refractivity contribution >= 4 is 50.7 Å². The van der Waals surface area contributed by atoms with Gasteiger partial charge in [-0.3, -0.25) is 0 Å². The Morgan fingerprint density at radius 2 is 1.46 bits per heavy atom. The minimum absolute atomic E-state index is 0.466. The second kappa shape index (κ2) is 8.04. The molecular formula is C23H22Cl2N2O. The summed E-state index contributed by atoms with van der Waals surface area (Å²) in [4.78, 5) is 0. The first kappa shape index (κ1) is 19.1. The summed E-state index contributed by atoms with van der Waals surface area (Å²) in [6, 6.07) is 20.0. The lowest BCUT2D eigenvalue weighted by Gasteiger charge is -2.16. The van der Waals surface area contributed by atoms with Gasteiger partial charge < -0.3 is 15.0 Å². The molecule has 0 bridgehead atoms. The van der Waals surface area contributed by atoms with Crippen molar-refractivity contribution < 1.29 is 5.11 Å². The molecule has 0 saturated heterocycles.